The van der Waals surface area contributed by atoms with E-state index in [0.29, 0.717) is 5.56 Å². The fourth-order valence-electron chi connectivity index (χ4n) is 1.61. The molecule has 1 N–H and O–H groups in total. The molecular formula is C12H10ClF2N3O2S. The van der Waals surface area contributed by atoms with E-state index in [0.717, 1.165) is 30.6 Å². The molecule has 0 fully saturated rings. The zero-order valence-corrected chi connectivity index (χ0v) is 12.1. The average molecular weight is 334 g/mol. The lowest BCUT2D eigenvalue weighted by molar-refractivity contribution is 0.576. The molecule has 1 aromatic heterocycles. The minimum Gasteiger partial charge on any atom is -0.225 e. The molecule has 0 atom stereocenters. The lowest BCUT2D eigenvalue weighted by Gasteiger charge is -2.06. The SMILES string of the molecule is O=S(=O)(NCCc1cc(F)cc(F)c1)c1cnc(Cl)nc1. The van der Waals surface area contributed by atoms with Crippen LogP contribution in [0.3, 0.4) is 0 Å². The van der Waals surface area contributed by atoms with Gasteiger partial charge in [0, 0.05) is 12.6 Å². The van der Waals surface area contributed by atoms with Crippen molar-refractivity contribution in [1.29, 1.82) is 0 Å². The normalized spacial score (nSPS) is 11.6. The van der Waals surface area contributed by atoms with E-state index in [1.807, 2.05) is 0 Å². The van der Waals surface area contributed by atoms with Gasteiger partial charge in [-0.1, -0.05) is 0 Å². The van der Waals surface area contributed by atoms with Crippen molar-refractivity contribution in [2.75, 3.05) is 6.54 Å². The van der Waals surface area contributed by atoms with Crippen molar-refractivity contribution < 1.29 is 17.2 Å². The van der Waals surface area contributed by atoms with Gasteiger partial charge < -0.3 is 0 Å². The van der Waals surface area contributed by atoms with Crippen LogP contribution < -0.4 is 4.72 Å². The molecule has 0 aliphatic rings. The third-order valence-electron chi connectivity index (χ3n) is 2.54. The van der Waals surface area contributed by atoms with Gasteiger partial charge in [-0.2, -0.15) is 0 Å². The first kappa shape index (κ1) is 15.7. The summed E-state index contributed by atoms with van der Waals surface area (Å²) >= 11 is 5.47. The molecule has 0 aliphatic carbocycles. The summed E-state index contributed by atoms with van der Waals surface area (Å²) in [4.78, 5) is 7.00. The molecular weight excluding hydrogens is 324 g/mol. The number of sulfonamides is 1. The third kappa shape index (κ3) is 4.42. The van der Waals surface area contributed by atoms with Crippen LogP contribution in [0, 0.1) is 11.6 Å². The van der Waals surface area contributed by atoms with E-state index in [2.05, 4.69) is 14.7 Å². The fourth-order valence-corrected chi connectivity index (χ4v) is 2.63. The van der Waals surface area contributed by atoms with Crippen LogP contribution >= 0.6 is 11.6 Å². The number of rotatable bonds is 5. The molecule has 9 heteroatoms. The Kier molecular flexibility index (Phi) is 4.81. The van der Waals surface area contributed by atoms with Crippen LogP contribution in [-0.2, 0) is 16.4 Å². The Labute approximate surface area is 125 Å². The summed E-state index contributed by atoms with van der Waals surface area (Å²) in [6.45, 7) is -0.0200. The lowest BCUT2D eigenvalue weighted by Crippen LogP contribution is -2.26. The van der Waals surface area contributed by atoms with E-state index in [4.69, 9.17) is 11.6 Å². The second kappa shape index (κ2) is 6.42. The largest absolute Gasteiger partial charge is 0.243 e. The maximum Gasteiger partial charge on any atom is 0.243 e. The van der Waals surface area contributed by atoms with E-state index in [9.17, 15) is 17.2 Å². The fraction of sp³-hybridized carbons (Fsp3) is 0.167. The Morgan fingerprint density at radius 1 is 1.10 bits per heavy atom. The monoisotopic (exact) mass is 333 g/mol. The molecule has 0 radical (unpaired) electrons. The number of nitrogens with one attached hydrogen (secondary N) is 1. The van der Waals surface area contributed by atoms with Crippen molar-refractivity contribution in [2.24, 2.45) is 0 Å². The van der Waals surface area contributed by atoms with E-state index in [1.165, 1.54) is 0 Å². The predicted octanol–water partition coefficient (Wildman–Crippen LogP) is 1.93. The summed E-state index contributed by atoms with van der Waals surface area (Å²) in [5, 5.41) is -0.0656. The summed E-state index contributed by atoms with van der Waals surface area (Å²) in [5.74, 6) is -1.42. The first-order valence-corrected chi connectivity index (χ1v) is 7.65. The van der Waals surface area contributed by atoms with E-state index >= 15 is 0 Å². The molecule has 0 unspecified atom stereocenters. The summed E-state index contributed by atoms with van der Waals surface area (Å²) in [7, 11) is -3.79. The van der Waals surface area contributed by atoms with Crippen LogP contribution in [0.4, 0.5) is 8.78 Å². The molecule has 5 nitrogen and oxygen atoms in total. The molecule has 0 saturated carbocycles. The smallest absolute Gasteiger partial charge is 0.225 e. The minimum absolute atomic E-state index is 0.0200. The molecule has 21 heavy (non-hydrogen) atoms. The number of nitrogens with zero attached hydrogens (tertiary/aromatic N) is 2. The molecule has 0 saturated heterocycles. The highest BCUT2D eigenvalue weighted by atomic mass is 35.5. The van der Waals surface area contributed by atoms with Gasteiger partial charge in [0.1, 0.15) is 16.5 Å². The van der Waals surface area contributed by atoms with Crippen LogP contribution in [0.5, 0.6) is 0 Å². The molecule has 0 bridgehead atoms. The molecule has 0 spiro atoms. The zero-order valence-electron chi connectivity index (χ0n) is 10.6. The highest BCUT2D eigenvalue weighted by molar-refractivity contribution is 7.89. The maximum absolute atomic E-state index is 13.0. The second-order valence-electron chi connectivity index (χ2n) is 4.11. The molecule has 2 aromatic rings. The standard InChI is InChI=1S/C12H10ClF2N3O2S/c13-12-16-6-11(7-17-12)21(19,20)18-2-1-8-3-9(14)5-10(15)4-8/h3-7,18H,1-2H2. The first-order chi connectivity index (χ1) is 9.87. The van der Waals surface area contributed by atoms with Gasteiger partial charge >= 0.3 is 0 Å². The Bertz CT molecular complexity index is 718. The van der Waals surface area contributed by atoms with Crippen LogP contribution in [0.25, 0.3) is 0 Å². The predicted molar refractivity (Wildman–Crippen MR) is 72.3 cm³/mol. The summed E-state index contributed by atoms with van der Waals surface area (Å²) in [6, 6.07) is 3.03. The Balaban J connectivity index is 2.00. The second-order valence-corrected chi connectivity index (χ2v) is 6.22. The van der Waals surface area contributed by atoms with Crippen LogP contribution in [-0.4, -0.2) is 24.9 Å². The Hall–Kier alpha value is -1.64. The molecule has 1 heterocycles. The van der Waals surface area contributed by atoms with Gasteiger partial charge in [0.05, 0.1) is 12.4 Å². The lowest BCUT2D eigenvalue weighted by atomic mass is 10.1. The molecule has 112 valence electrons. The van der Waals surface area contributed by atoms with E-state index in [1.54, 1.807) is 0 Å². The summed E-state index contributed by atoms with van der Waals surface area (Å²) in [5.41, 5.74) is 0.350. The minimum atomic E-state index is -3.79. The number of hydrogen-bond donors (Lipinski definition) is 1. The number of halogens is 3. The van der Waals surface area contributed by atoms with Crippen molar-refractivity contribution in [3.63, 3.8) is 0 Å². The van der Waals surface area contributed by atoms with Crippen LogP contribution in [0.2, 0.25) is 5.28 Å². The zero-order chi connectivity index (χ0) is 15.5. The average Bonchev–Trinajstić information content (AvgIpc) is 2.37. The van der Waals surface area contributed by atoms with E-state index < -0.39 is 21.7 Å². The highest BCUT2D eigenvalue weighted by Crippen LogP contribution is 2.10. The van der Waals surface area contributed by atoms with Crippen molar-refractivity contribution >= 4 is 21.6 Å². The van der Waals surface area contributed by atoms with Crippen LogP contribution in [0.1, 0.15) is 5.56 Å². The number of benzene rings is 1. The first-order valence-electron chi connectivity index (χ1n) is 5.79. The molecule has 2 rings (SSSR count). The molecule has 0 amide bonds. The van der Waals surface area contributed by atoms with Crippen molar-refractivity contribution in [3.05, 3.63) is 53.1 Å². The quantitative estimate of drug-likeness (QED) is 0.849. The third-order valence-corrected chi connectivity index (χ3v) is 4.15. The van der Waals surface area contributed by atoms with Crippen molar-refractivity contribution in [3.8, 4) is 0 Å². The van der Waals surface area contributed by atoms with Gasteiger partial charge in [-0.05, 0) is 35.7 Å². The molecule has 0 aliphatic heterocycles. The number of aromatic nitrogens is 2. The van der Waals surface area contributed by atoms with Gasteiger partial charge in [-0.25, -0.2) is 31.9 Å². The topological polar surface area (TPSA) is 72.0 Å². The Morgan fingerprint density at radius 3 is 2.24 bits per heavy atom. The van der Waals surface area contributed by atoms with Gasteiger partial charge in [0.25, 0.3) is 0 Å². The summed E-state index contributed by atoms with van der Waals surface area (Å²) in [6.07, 6.45) is 2.28. The highest BCUT2D eigenvalue weighted by Gasteiger charge is 2.14. The van der Waals surface area contributed by atoms with Gasteiger partial charge in [0.2, 0.25) is 15.3 Å². The summed E-state index contributed by atoms with van der Waals surface area (Å²) < 4.78 is 52.0. The molecule has 1 aromatic carbocycles. The van der Waals surface area contributed by atoms with Gasteiger partial charge in [-0.15, -0.1) is 0 Å². The maximum atomic E-state index is 13.0. The number of hydrogen-bond acceptors (Lipinski definition) is 4. The van der Waals surface area contributed by atoms with E-state index in [-0.39, 0.29) is 23.1 Å². The van der Waals surface area contributed by atoms with Crippen LogP contribution in [0.15, 0.2) is 35.5 Å². The van der Waals surface area contributed by atoms with Crippen molar-refractivity contribution in [2.45, 2.75) is 11.3 Å². The van der Waals surface area contributed by atoms with Gasteiger partial charge in [0.15, 0.2) is 0 Å². The van der Waals surface area contributed by atoms with Gasteiger partial charge in [-0.3, -0.25) is 0 Å². The van der Waals surface area contributed by atoms with Crippen molar-refractivity contribution in [1.82, 2.24) is 14.7 Å². The Morgan fingerprint density at radius 2 is 1.67 bits per heavy atom.